The summed E-state index contributed by atoms with van der Waals surface area (Å²) in [4.78, 5) is 25.3. The first-order chi connectivity index (χ1) is 10.8. The van der Waals surface area contributed by atoms with Crippen LogP contribution in [0.4, 0.5) is 0 Å². The highest BCUT2D eigenvalue weighted by Crippen LogP contribution is 2.19. The first-order valence-electron chi connectivity index (χ1n) is 7.62. The standard InChI is InChI=1S/C16H22N2O4S/c1-12(2)11-23(21,22)14-9-18(10-14)15(19)8-17-16(20)13-6-4-3-5-7-13/h3-7,12,14H,8-11H2,1-2H3,(H,17,20). The number of nitrogens with zero attached hydrogens (tertiary/aromatic N) is 1. The van der Waals surface area contributed by atoms with Crippen LogP contribution in [0.3, 0.4) is 0 Å². The van der Waals surface area contributed by atoms with E-state index in [1.165, 1.54) is 4.90 Å². The molecule has 1 saturated heterocycles. The van der Waals surface area contributed by atoms with Crippen LogP contribution in [0, 0.1) is 5.92 Å². The van der Waals surface area contributed by atoms with Gasteiger partial charge in [-0.1, -0.05) is 32.0 Å². The highest BCUT2D eigenvalue weighted by atomic mass is 32.2. The van der Waals surface area contributed by atoms with Gasteiger partial charge in [-0.15, -0.1) is 0 Å². The van der Waals surface area contributed by atoms with Crippen LogP contribution in [-0.4, -0.2) is 55.8 Å². The molecule has 0 aromatic heterocycles. The minimum absolute atomic E-state index is 0.0786. The van der Waals surface area contributed by atoms with Crippen LogP contribution in [0.25, 0.3) is 0 Å². The third kappa shape index (κ3) is 4.54. The van der Waals surface area contributed by atoms with Crippen molar-refractivity contribution in [2.75, 3.05) is 25.4 Å². The quantitative estimate of drug-likeness (QED) is 0.827. The van der Waals surface area contributed by atoms with Crippen LogP contribution in [0.1, 0.15) is 24.2 Å². The topological polar surface area (TPSA) is 83.6 Å². The summed E-state index contributed by atoms with van der Waals surface area (Å²) in [5, 5.41) is 2.08. The normalized spacial score (nSPS) is 15.3. The number of hydrogen-bond donors (Lipinski definition) is 1. The largest absolute Gasteiger partial charge is 0.343 e. The third-order valence-electron chi connectivity index (χ3n) is 3.71. The Balaban J connectivity index is 1.78. The minimum atomic E-state index is -3.14. The lowest BCUT2D eigenvalue weighted by Crippen LogP contribution is -2.59. The van der Waals surface area contributed by atoms with Gasteiger partial charge in [-0.25, -0.2) is 8.42 Å². The van der Waals surface area contributed by atoms with Gasteiger partial charge in [-0.05, 0) is 18.1 Å². The Bertz CT molecular complexity index is 665. The molecule has 0 unspecified atom stereocenters. The van der Waals surface area contributed by atoms with Gasteiger partial charge in [-0.3, -0.25) is 9.59 Å². The fraction of sp³-hybridized carbons (Fsp3) is 0.500. The molecule has 1 aromatic carbocycles. The number of carbonyl (C=O) groups excluding carboxylic acids is 2. The Morgan fingerprint density at radius 3 is 2.39 bits per heavy atom. The van der Waals surface area contributed by atoms with Crippen molar-refractivity contribution in [2.45, 2.75) is 19.1 Å². The summed E-state index contributed by atoms with van der Waals surface area (Å²) in [5.41, 5.74) is 0.487. The molecular weight excluding hydrogens is 316 g/mol. The summed E-state index contributed by atoms with van der Waals surface area (Å²) in [6, 6.07) is 8.63. The second-order valence-electron chi connectivity index (χ2n) is 6.19. The van der Waals surface area contributed by atoms with Crippen LogP contribution in [0.2, 0.25) is 0 Å². The molecular formula is C16H22N2O4S. The van der Waals surface area contributed by atoms with E-state index in [-0.39, 0.29) is 43.1 Å². The van der Waals surface area contributed by atoms with E-state index in [1.54, 1.807) is 30.3 Å². The molecule has 2 amide bonds. The molecule has 1 aromatic rings. The number of likely N-dealkylation sites (tertiary alicyclic amines) is 1. The van der Waals surface area contributed by atoms with Crippen molar-refractivity contribution in [2.24, 2.45) is 5.92 Å². The van der Waals surface area contributed by atoms with E-state index < -0.39 is 15.1 Å². The Morgan fingerprint density at radius 1 is 1.22 bits per heavy atom. The van der Waals surface area contributed by atoms with Crippen molar-refractivity contribution < 1.29 is 18.0 Å². The SMILES string of the molecule is CC(C)CS(=O)(=O)C1CN(C(=O)CNC(=O)c2ccccc2)C1. The third-order valence-corrected chi connectivity index (χ3v) is 6.16. The average Bonchev–Trinajstić information content (AvgIpc) is 2.42. The maximum Gasteiger partial charge on any atom is 0.251 e. The molecule has 0 radical (unpaired) electrons. The molecule has 126 valence electrons. The zero-order chi connectivity index (χ0) is 17.0. The van der Waals surface area contributed by atoms with Crippen molar-refractivity contribution >= 4 is 21.7 Å². The van der Waals surface area contributed by atoms with E-state index in [4.69, 9.17) is 0 Å². The molecule has 0 saturated carbocycles. The Kier molecular flexibility index (Phi) is 5.41. The molecule has 0 spiro atoms. The van der Waals surface area contributed by atoms with Gasteiger partial charge in [0.1, 0.15) is 0 Å². The number of carbonyl (C=O) groups is 2. The molecule has 2 rings (SSSR count). The average molecular weight is 338 g/mol. The van der Waals surface area contributed by atoms with Gasteiger partial charge in [0.25, 0.3) is 5.91 Å². The van der Waals surface area contributed by atoms with Crippen molar-refractivity contribution in [3.8, 4) is 0 Å². The van der Waals surface area contributed by atoms with Gasteiger partial charge in [-0.2, -0.15) is 0 Å². The minimum Gasteiger partial charge on any atom is -0.343 e. The Hall–Kier alpha value is -1.89. The summed E-state index contributed by atoms with van der Waals surface area (Å²) in [6.07, 6.45) is 0. The monoisotopic (exact) mass is 338 g/mol. The van der Waals surface area contributed by atoms with Gasteiger partial charge >= 0.3 is 0 Å². The van der Waals surface area contributed by atoms with Gasteiger partial charge < -0.3 is 10.2 Å². The molecule has 0 atom stereocenters. The van der Waals surface area contributed by atoms with Gasteiger partial charge in [0.15, 0.2) is 9.84 Å². The first-order valence-corrected chi connectivity index (χ1v) is 9.33. The first kappa shape index (κ1) is 17.5. The van der Waals surface area contributed by atoms with Crippen molar-refractivity contribution in [1.29, 1.82) is 0 Å². The smallest absolute Gasteiger partial charge is 0.251 e. The molecule has 23 heavy (non-hydrogen) atoms. The highest BCUT2D eigenvalue weighted by Gasteiger charge is 2.39. The highest BCUT2D eigenvalue weighted by molar-refractivity contribution is 7.92. The van der Waals surface area contributed by atoms with Crippen LogP contribution in [-0.2, 0) is 14.6 Å². The number of nitrogens with one attached hydrogen (secondary N) is 1. The van der Waals surface area contributed by atoms with E-state index in [0.29, 0.717) is 5.56 Å². The van der Waals surface area contributed by atoms with Gasteiger partial charge in [0.05, 0.1) is 17.5 Å². The molecule has 7 heteroatoms. The molecule has 0 bridgehead atoms. The molecule has 0 aliphatic carbocycles. The summed E-state index contributed by atoms with van der Waals surface area (Å²) in [5.74, 6) is -0.353. The Morgan fingerprint density at radius 2 is 1.83 bits per heavy atom. The van der Waals surface area contributed by atoms with Crippen molar-refractivity contribution in [3.63, 3.8) is 0 Å². The molecule has 1 fully saturated rings. The summed E-state index contributed by atoms with van der Waals surface area (Å²) in [6.45, 7) is 4.03. The van der Waals surface area contributed by atoms with Gasteiger partial charge in [0.2, 0.25) is 5.91 Å². The predicted molar refractivity (Wildman–Crippen MR) is 87.8 cm³/mol. The molecule has 1 aliphatic heterocycles. The van der Waals surface area contributed by atoms with Crippen LogP contribution in [0.15, 0.2) is 30.3 Å². The molecule has 1 heterocycles. The molecule has 1 aliphatic rings. The van der Waals surface area contributed by atoms with Crippen LogP contribution < -0.4 is 5.32 Å². The molecule has 6 nitrogen and oxygen atoms in total. The number of amides is 2. The van der Waals surface area contributed by atoms with Gasteiger partial charge in [0, 0.05) is 18.7 Å². The van der Waals surface area contributed by atoms with Crippen molar-refractivity contribution in [3.05, 3.63) is 35.9 Å². The fourth-order valence-electron chi connectivity index (χ4n) is 2.43. The lowest BCUT2D eigenvalue weighted by Gasteiger charge is -2.39. The fourth-order valence-corrected chi connectivity index (χ4v) is 4.44. The summed E-state index contributed by atoms with van der Waals surface area (Å²) >= 11 is 0. The number of sulfone groups is 1. The van der Waals surface area contributed by atoms with E-state index >= 15 is 0 Å². The number of benzene rings is 1. The van der Waals surface area contributed by atoms with E-state index in [2.05, 4.69) is 5.32 Å². The number of hydrogen-bond acceptors (Lipinski definition) is 4. The predicted octanol–water partition coefficient (Wildman–Crippen LogP) is 0.698. The second-order valence-corrected chi connectivity index (χ2v) is 8.52. The van der Waals surface area contributed by atoms with Crippen LogP contribution >= 0.6 is 0 Å². The second kappa shape index (κ2) is 7.12. The maximum atomic E-state index is 12.0. The van der Waals surface area contributed by atoms with Crippen molar-refractivity contribution in [1.82, 2.24) is 10.2 Å². The van der Waals surface area contributed by atoms with Crippen LogP contribution in [0.5, 0.6) is 0 Å². The maximum absolute atomic E-state index is 12.0. The summed E-state index contributed by atoms with van der Waals surface area (Å²) in [7, 11) is -3.14. The lowest BCUT2D eigenvalue weighted by molar-refractivity contribution is -0.133. The van der Waals surface area contributed by atoms with E-state index in [0.717, 1.165) is 0 Å². The van der Waals surface area contributed by atoms with E-state index in [9.17, 15) is 18.0 Å². The van der Waals surface area contributed by atoms with E-state index in [1.807, 2.05) is 13.8 Å². The number of rotatable bonds is 6. The molecule has 1 N–H and O–H groups in total. The summed E-state index contributed by atoms with van der Waals surface area (Å²) < 4.78 is 24.1. The lowest BCUT2D eigenvalue weighted by atomic mass is 10.2. The zero-order valence-corrected chi connectivity index (χ0v) is 14.2. The Labute approximate surface area is 136 Å². The zero-order valence-electron chi connectivity index (χ0n) is 13.4.